The summed E-state index contributed by atoms with van der Waals surface area (Å²) in [6.07, 6.45) is 1.65. The molecule has 0 radical (unpaired) electrons. The summed E-state index contributed by atoms with van der Waals surface area (Å²) in [5.74, 6) is 0.773. The van der Waals surface area contributed by atoms with Crippen LogP contribution in [-0.2, 0) is 0 Å². The zero-order valence-corrected chi connectivity index (χ0v) is 16.0. The second kappa shape index (κ2) is 8.13. The highest BCUT2D eigenvalue weighted by atomic mass is 16.1. The summed E-state index contributed by atoms with van der Waals surface area (Å²) in [6, 6.07) is 21.9. The minimum Gasteiger partial charge on any atom is -0.368 e. The van der Waals surface area contributed by atoms with Crippen molar-refractivity contribution in [2.24, 2.45) is 0 Å². The van der Waals surface area contributed by atoms with Gasteiger partial charge in [0.05, 0.1) is 5.56 Å². The topological polar surface area (TPSA) is 48.5 Å². The van der Waals surface area contributed by atoms with Gasteiger partial charge in [-0.15, -0.1) is 0 Å². The maximum absolute atomic E-state index is 12.4. The van der Waals surface area contributed by atoms with Crippen LogP contribution in [0.1, 0.15) is 15.9 Å². The Balaban J connectivity index is 1.36. The molecule has 142 valence electrons. The number of aryl methyl sites for hydroxylation is 1. The van der Waals surface area contributed by atoms with Crippen LogP contribution in [0, 0.1) is 6.92 Å². The van der Waals surface area contributed by atoms with Gasteiger partial charge in [-0.25, -0.2) is 4.98 Å². The van der Waals surface area contributed by atoms with E-state index in [1.54, 1.807) is 6.20 Å². The van der Waals surface area contributed by atoms with Crippen LogP contribution in [0.15, 0.2) is 72.9 Å². The lowest BCUT2D eigenvalue weighted by atomic mass is 10.2. The minimum atomic E-state index is -0.144. The lowest BCUT2D eigenvalue weighted by Gasteiger charge is -2.36. The monoisotopic (exact) mass is 372 g/mol. The van der Waals surface area contributed by atoms with Gasteiger partial charge in [-0.1, -0.05) is 30.3 Å². The molecule has 1 aliphatic rings. The number of nitrogens with zero attached hydrogens (tertiary/aromatic N) is 3. The second-order valence-corrected chi connectivity index (χ2v) is 7.04. The van der Waals surface area contributed by atoms with E-state index in [1.807, 2.05) is 42.5 Å². The predicted molar refractivity (Wildman–Crippen MR) is 114 cm³/mol. The van der Waals surface area contributed by atoms with Crippen molar-refractivity contribution in [1.29, 1.82) is 0 Å². The number of aromatic nitrogens is 1. The lowest BCUT2D eigenvalue weighted by Crippen LogP contribution is -2.46. The number of pyridine rings is 1. The lowest BCUT2D eigenvalue weighted by molar-refractivity contribution is 0.102. The molecule has 2 aromatic carbocycles. The van der Waals surface area contributed by atoms with Crippen molar-refractivity contribution < 1.29 is 4.79 Å². The molecule has 2 heterocycles. The molecule has 0 spiro atoms. The van der Waals surface area contributed by atoms with Gasteiger partial charge in [0.15, 0.2) is 0 Å². The van der Waals surface area contributed by atoms with Gasteiger partial charge in [0.1, 0.15) is 5.82 Å². The van der Waals surface area contributed by atoms with E-state index >= 15 is 0 Å². The van der Waals surface area contributed by atoms with Crippen molar-refractivity contribution in [2.45, 2.75) is 6.92 Å². The van der Waals surface area contributed by atoms with Gasteiger partial charge in [0.25, 0.3) is 5.91 Å². The number of carbonyl (C=O) groups is 1. The number of hydrogen-bond donors (Lipinski definition) is 1. The Kier molecular flexibility index (Phi) is 5.24. The fraction of sp³-hybridized carbons (Fsp3) is 0.217. The average molecular weight is 372 g/mol. The summed E-state index contributed by atoms with van der Waals surface area (Å²) in [6.45, 7) is 5.87. The summed E-state index contributed by atoms with van der Waals surface area (Å²) >= 11 is 0. The number of para-hydroxylation sites is 1. The van der Waals surface area contributed by atoms with Crippen LogP contribution in [-0.4, -0.2) is 37.1 Å². The molecule has 1 amide bonds. The van der Waals surface area contributed by atoms with Crippen LogP contribution in [0.4, 0.5) is 17.2 Å². The molecular weight excluding hydrogens is 348 g/mol. The van der Waals surface area contributed by atoms with Crippen molar-refractivity contribution >= 4 is 23.1 Å². The molecule has 1 saturated heterocycles. The van der Waals surface area contributed by atoms with E-state index in [2.05, 4.69) is 51.3 Å². The van der Waals surface area contributed by atoms with E-state index in [0.29, 0.717) is 5.56 Å². The number of carbonyl (C=O) groups excluding carboxylic acids is 1. The fourth-order valence-corrected chi connectivity index (χ4v) is 3.45. The van der Waals surface area contributed by atoms with E-state index < -0.39 is 0 Å². The molecule has 1 fully saturated rings. The van der Waals surface area contributed by atoms with E-state index in [0.717, 1.165) is 37.7 Å². The number of anilines is 3. The predicted octanol–water partition coefficient (Wildman–Crippen LogP) is 3.97. The third-order valence-electron chi connectivity index (χ3n) is 5.01. The smallest absolute Gasteiger partial charge is 0.257 e. The van der Waals surface area contributed by atoms with Gasteiger partial charge in [-0.05, 0) is 48.9 Å². The highest BCUT2D eigenvalue weighted by Crippen LogP contribution is 2.20. The summed E-state index contributed by atoms with van der Waals surface area (Å²) < 4.78 is 0. The van der Waals surface area contributed by atoms with E-state index in [-0.39, 0.29) is 5.91 Å². The Morgan fingerprint density at radius 2 is 1.64 bits per heavy atom. The molecule has 1 aliphatic heterocycles. The third-order valence-corrected chi connectivity index (χ3v) is 5.01. The summed E-state index contributed by atoms with van der Waals surface area (Å²) in [7, 11) is 0. The minimum absolute atomic E-state index is 0.144. The first-order chi connectivity index (χ1) is 13.7. The number of hydrogen-bond acceptors (Lipinski definition) is 4. The summed E-state index contributed by atoms with van der Waals surface area (Å²) in [5.41, 5.74) is 3.90. The van der Waals surface area contributed by atoms with Crippen LogP contribution in [0.5, 0.6) is 0 Å². The van der Waals surface area contributed by atoms with Crippen molar-refractivity contribution in [1.82, 2.24) is 4.98 Å². The molecule has 1 N–H and O–H groups in total. The van der Waals surface area contributed by atoms with Crippen LogP contribution < -0.4 is 15.1 Å². The maximum Gasteiger partial charge on any atom is 0.257 e. The van der Waals surface area contributed by atoms with Gasteiger partial charge in [0, 0.05) is 43.8 Å². The van der Waals surface area contributed by atoms with Gasteiger partial charge in [-0.3, -0.25) is 4.79 Å². The first-order valence-electron chi connectivity index (χ1n) is 9.58. The maximum atomic E-state index is 12.4. The largest absolute Gasteiger partial charge is 0.368 e. The number of nitrogens with one attached hydrogen (secondary N) is 1. The Morgan fingerprint density at radius 3 is 2.32 bits per heavy atom. The molecule has 1 aromatic heterocycles. The molecule has 0 atom stereocenters. The normalized spacial score (nSPS) is 14.0. The number of rotatable bonds is 4. The van der Waals surface area contributed by atoms with Crippen LogP contribution in [0.3, 0.4) is 0 Å². The Hall–Kier alpha value is -3.34. The Morgan fingerprint density at radius 1 is 0.893 bits per heavy atom. The molecule has 0 aliphatic carbocycles. The highest BCUT2D eigenvalue weighted by Gasteiger charge is 2.18. The van der Waals surface area contributed by atoms with Crippen molar-refractivity contribution in [3.8, 4) is 0 Å². The quantitative estimate of drug-likeness (QED) is 0.753. The standard InChI is InChI=1S/C23H24N4O/c1-18-6-5-9-21(16-18)26-12-14-27(15-13-26)22-11-10-19(17-24-22)23(28)25-20-7-3-2-4-8-20/h2-11,16-17H,12-15H2,1H3,(H,25,28). The van der Waals surface area contributed by atoms with Crippen molar-refractivity contribution in [3.63, 3.8) is 0 Å². The van der Waals surface area contributed by atoms with Crippen molar-refractivity contribution in [2.75, 3.05) is 41.3 Å². The number of benzene rings is 2. The summed E-state index contributed by atoms with van der Waals surface area (Å²) in [4.78, 5) is 21.6. The summed E-state index contributed by atoms with van der Waals surface area (Å²) in [5, 5.41) is 2.89. The first-order valence-corrected chi connectivity index (χ1v) is 9.58. The third kappa shape index (κ3) is 4.14. The van der Waals surface area contributed by atoms with Crippen LogP contribution >= 0.6 is 0 Å². The Labute approximate surface area is 165 Å². The second-order valence-electron chi connectivity index (χ2n) is 7.04. The van der Waals surface area contributed by atoms with Gasteiger partial charge in [-0.2, -0.15) is 0 Å². The molecule has 0 unspecified atom stereocenters. The van der Waals surface area contributed by atoms with Gasteiger partial charge < -0.3 is 15.1 Å². The molecule has 0 saturated carbocycles. The molecule has 5 heteroatoms. The number of piperazine rings is 1. The van der Waals surface area contributed by atoms with Crippen LogP contribution in [0.25, 0.3) is 0 Å². The molecule has 28 heavy (non-hydrogen) atoms. The number of amides is 1. The van der Waals surface area contributed by atoms with Crippen LogP contribution in [0.2, 0.25) is 0 Å². The zero-order chi connectivity index (χ0) is 19.3. The molecular formula is C23H24N4O. The molecule has 3 aromatic rings. The SMILES string of the molecule is Cc1cccc(N2CCN(c3ccc(C(=O)Nc4ccccc4)cn3)CC2)c1. The molecule has 5 nitrogen and oxygen atoms in total. The molecule has 0 bridgehead atoms. The fourth-order valence-electron chi connectivity index (χ4n) is 3.45. The van der Waals surface area contributed by atoms with Gasteiger partial charge in [0.2, 0.25) is 0 Å². The van der Waals surface area contributed by atoms with E-state index in [9.17, 15) is 4.79 Å². The van der Waals surface area contributed by atoms with Gasteiger partial charge >= 0.3 is 0 Å². The zero-order valence-electron chi connectivity index (χ0n) is 16.0. The van der Waals surface area contributed by atoms with E-state index in [1.165, 1.54) is 11.3 Å². The van der Waals surface area contributed by atoms with Crippen molar-refractivity contribution in [3.05, 3.63) is 84.1 Å². The van der Waals surface area contributed by atoms with E-state index in [4.69, 9.17) is 0 Å². The average Bonchev–Trinajstić information content (AvgIpc) is 2.75. The highest BCUT2D eigenvalue weighted by molar-refractivity contribution is 6.04. The molecule has 4 rings (SSSR count). The Bertz CT molecular complexity index is 932. The first kappa shape index (κ1) is 18.0.